The fourth-order valence-corrected chi connectivity index (χ4v) is 2.85. The van der Waals surface area contributed by atoms with Crippen LogP contribution in [0.15, 0.2) is 42.5 Å². The molecular formula is C17H11Cl2FN2O2. The predicted octanol–water partition coefficient (Wildman–Crippen LogP) is 4.63. The predicted molar refractivity (Wildman–Crippen MR) is 91.9 cm³/mol. The number of rotatable bonds is 4. The first-order chi connectivity index (χ1) is 11.4. The largest absolute Gasteiger partial charge is 0.478 e. The molecule has 0 bridgehead atoms. The van der Waals surface area contributed by atoms with Crippen molar-refractivity contribution in [2.45, 2.75) is 6.54 Å². The normalized spacial score (nSPS) is 11.5. The van der Waals surface area contributed by atoms with Crippen LogP contribution in [-0.2, 0) is 11.3 Å². The first-order valence-corrected chi connectivity index (χ1v) is 7.70. The van der Waals surface area contributed by atoms with Crippen LogP contribution < -0.4 is 0 Å². The van der Waals surface area contributed by atoms with Gasteiger partial charge in [0.2, 0.25) is 0 Å². The summed E-state index contributed by atoms with van der Waals surface area (Å²) in [4.78, 5) is 10.7. The highest BCUT2D eigenvalue weighted by Gasteiger charge is 2.12. The summed E-state index contributed by atoms with van der Waals surface area (Å²) >= 11 is 12.1. The third-order valence-corrected chi connectivity index (χ3v) is 4.05. The molecule has 0 aliphatic rings. The number of carbonyl (C=O) groups is 1. The van der Waals surface area contributed by atoms with Gasteiger partial charge in [0.05, 0.1) is 17.8 Å². The van der Waals surface area contributed by atoms with Crippen molar-refractivity contribution in [3.63, 3.8) is 0 Å². The topological polar surface area (TPSA) is 55.1 Å². The van der Waals surface area contributed by atoms with Crippen LogP contribution in [0.5, 0.6) is 0 Å². The molecule has 1 N–H and O–H groups in total. The maximum absolute atomic E-state index is 13.6. The lowest BCUT2D eigenvalue weighted by atomic mass is 10.2. The molecule has 122 valence electrons. The van der Waals surface area contributed by atoms with E-state index < -0.39 is 11.8 Å². The van der Waals surface area contributed by atoms with Gasteiger partial charge in [-0.2, -0.15) is 5.10 Å². The SMILES string of the molecule is O=C(O)C=Cc1nn(Cc2ccc(Cl)cc2Cl)c2cc(F)ccc12. The number of nitrogens with zero attached hydrogens (tertiary/aromatic N) is 2. The molecule has 0 amide bonds. The van der Waals surface area contributed by atoms with Crippen molar-refractivity contribution in [2.75, 3.05) is 0 Å². The van der Waals surface area contributed by atoms with Gasteiger partial charge in [0.25, 0.3) is 0 Å². The molecular weight excluding hydrogens is 354 g/mol. The van der Waals surface area contributed by atoms with Crippen LogP contribution in [0, 0.1) is 5.82 Å². The van der Waals surface area contributed by atoms with Gasteiger partial charge in [-0.05, 0) is 42.0 Å². The van der Waals surface area contributed by atoms with Crippen LogP contribution in [0.4, 0.5) is 4.39 Å². The molecule has 0 atom stereocenters. The minimum absolute atomic E-state index is 0.302. The Morgan fingerprint density at radius 2 is 2.04 bits per heavy atom. The smallest absolute Gasteiger partial charge is 0.328 e. The number of benzene rings is 2. The zero-order valence-corrected chi connectivity index (χ0v) is 13.7. The molecule has 0 aliphatic carbocycles. The summed E-state index contributed by atoms with van der Waals surface area (Å²) in [6.45, 7) is 0.302. The van der Waals surface area contributed by atoms with Gasteiger partial charge in [0, 0.05) is 21.5 Å². The lowest BCUT2D eigenvalue weighted by molar-refractivity contribution is -0.131. The van der Waals surface area contributed by atoms with Gasteiger partial charge in [-0.3, -0.25) is 4.68 Å². The first-order valence-electron chi connectivity index (χ1n) is 6.95. The summed E-state index contributed by atoms with van der Waals surface area (Å²) in [7, 11) is 0. The third kappa shape index (κ3) is 3.42. The van der Waals surface area contributed by atoms with Gasteiger partial charge < -0.3 is 5.11 Å². The molecule has 2 aromatic carbocycles. The van der Waals surface area contributed by atoms with Gasteiger partial charge >= 0.3 is 5.97 Å². The van der Waals surface area contributed by atoms with Crippen LogP contribution in [-0.4, -0.2) is 20.9 Å². The van der Waals surface area contributed by atoms with E-state index in [1.54, 1.807) is 28.9 Å². The molecule has 0 radical (unpaired) electrons. The van der Waals surface area contributed by atoms with Crippen LogP contribution in [0.2, 0.25) is 10.0 Å². The van der Waals surface area contributed by atoms with Crippen LogP contribution in [0.3, 0.4) is 0 Å². The van der Waals surface area contributed by atoms with E-state index in [0.717, 1.165) is 11.6 Å². The van der Waals surface area contributed by atoms with Gasteiger partial charge in [-0.1, -0.05) is 29.3 Å². The Labute approximate surface area is 146 Å². The second-order valence-electron chi connectivity index (χ2n) is 5.11. The van der Waals surface area contributed by atoms with E-state index in [4.69, 9.17) is 28.3 Å². The van der Waals surface area contributed by atoms with Gasteiger partial charge in [0.1, 0.15) is 5.82 Å². The summed E-state index contributed by atoms with van der Waals surface area (Å²) < 4.78 is 15.2. The average molecular weight is 365 g/mol. The number of carboxylic acids is 1. The van der Waals surface area contributed by atoms with Crippen LogP contribution in [0.25, 0.3) is 17.0 Å². The highest BCUT2D eigenvalue weighted by atomic mass is 35.5. The lowest BCUT2D eigenvalue weighted by Gasteiger charge is -2.06. The summed E-state index contributed by atoms with van der Waals surface area (Å²) in [5.74, 6) is -1.49. The number of aromatic nitrogens is 2. The summed E-state index contributed by atoms with van der Waals surface area (Å²) in [5.41, 5.74) is 1.76. The molecule has 3 rings (SSSR count). The Balaban J connectivity index is 2.09. The molecule has 0 fully saturated rings. The second-order valence-corrected chi connectivity index (χ2v) is 5.96. The summed E-state index contributed by atoms with van der Waals surface area (Å²) in [6.07, 6.45) is 2.37. The molecule has 0 unspecified atom stereocenters. The third-order valence-electron chi connectivity index (χ3n) is 3.46. The van der Waals surface area contributed by atoms with E-state index in [1.807, 2.05) is 0 Å². The molecule has 3 aromatic rings. The molecule has 24 heavy (non-hydrogen) atoms. The maximum Gasteiger partial charge on any atom is 0.328 e. The molecule has 1 aromatic heterocycles. The van der Waals surface area contributed by atoms with Gasteiger partial charge in [0.15, 0.2) is 0 Å². The van der Waals surface area contributed by atoms with E-state index in [-0.39, 0.29) is 0 Å². The zero-order valence-electron chi connectivity index (χ0n) is 12.2. The van der Waals surface area contributed by atoms with Crippen molar-refractivity contribution in [3.8, 4) is 0 Å². The molecule has 0 aliphatic heterocycles. The van der Waals surface area contributed by atoms with Crippen molar-refractivity contribution >= 4 is 46.2 Å². The minimum atomic E-state index is -1.08. The molecule has 4 nitrogen and oxygen atoms in total. The fourth-order valence-electron chi connectivity index (χ4n) is 2.38. The molecule has 0 saturated carbocycles. The maximum atomic E-state index is 13.6. The Kier molecular flexibility index (Phi) is 4.55. The Morgan fingerprint density at radius 1 is 1.25 bits per heavy atom. The van der Waals surface area contributed by atoms with E-state index in [0.29, 0.717) is 33.2 Å². The molecule has 7 heteroatoms. The fraction of sp³-hybridized carbons (Fsp3) is 0.0588. The monoisotopic (exact) mass is 364 g/mol. The molecule has 0 saturated heterocycles. The highest BCUT2D eigenvalue weighted by molar-refractivity contribution is 6.35. The first kappa shape index (κ1) is 16.5. The van der Waals surface area contributed by atoms with Crippen LogP contribution >= 0.6 is 23.2 Å². The number of aliphatic carboxylic acids is 1. The second kappa shape index (κ2) is 6.63. The number of halogens is 3. The van der Waals surface area contributed by atoms with Crippen molar-refractivity contribution in [3.05, 3.63) is 69.6 Å². The zero-order chi connectivity index (χ0) is 17.3. The standard InChI is InChI=1S/C17H11Cl2FN2O2/c18-11-2-1-10(14(19)7-11)9-22-16-8-12(20)3-4-13(16)15(21-22)5-6-17(23)24/h1-8H,9H2,(H,23,24). The van der Waals surface area contributed by atoms with Crippen molar-refractivity contribution in [1.82, 2.24) is 9.78 Å². The highest BCUT2D eigenvalue weighted by Crippen LogP contribution is 2.25. The molecule has 0 spiro atoms. The number of fused-ring (bicyclic) bond motifs is 1. The lowest BCUT2D eigenvalue weighted by Crippen LogP contribution is -2.02. The van der Waals surface area contributed by atoms with Crippen molar-refractivity contribution in [1.29, 1.82) is 0 Å². The van der Waals surface area contributed by atoms with E-state index in [1.165, 1.54) is 18.2 Å². The molecule has 1 heterocycles. The number of hydrogen-bond donors (Lipinski definition) is 1. The summed E-state index contributed by atoms with van der Waals surface area (Å²) in [6, 6.07) is 9.33. The Morgan fingerprint density at radius 3 is 2.75 bits per heavy atom. The number of hydrogen-bond acceptors (Lipinski definition) is 2. The van der Waals surface area contributed by atoms with Crippen LogP contribution in [0.1, 0.15) is 11.3 Å². The average Bonchev–Trinajstić information content (AvgIpc) is 2.85. The van der Waals surface area contributed by atoms with E-state index in [2.05, 4.69) is 5.10 Å². The van der Waals surface area contributed by atoms with Gasteiger partial charge in [-0.25, -0.2) is 9.18 Å². The quantitative estimate of drug-likeness (QED) is 0.686. The van der Waals surface area contributed by atoms with Crippen molar-refractivity contribution in [2.24, 2.45) is 0 Å². The van der Waals surface area contributed by atoms with E-state index >= 15 is 0 Å². The van der Waals surface area contributed by atoms with E-state index in [9.17, 15) is 9.18 Å². The van der Waals surface area contributed by atoms with Gasteiger partial charge in [-0.15, -0.1) is 0 Å². The Hall–Kier alpha value is -2.37. The minimum Gasteiger partial charge on any atom is -0.478 e. The summed E-state index contributed by atoms with van der Waals surface area (Å²) in [5, 5.41) is 14.8. The number of carboxylic acid groups (broad SMARTS) is 1. The Bertz CT molecular complexity index is 967. The van der Waals surface area contributed by atoms with Crippen molar-refractivity contribution < 1.29 is 14.3 Å².